The number of ketones is 1. The van der Waals surface area contributed by atoms with Crippen molar-refractivity contribution in [2.45, 2.75) is 139 Å². The van der Waals surface area contributed by atoms with Gasteiger partial charge in [0, 0.05) is 64.7 Å². The zero-order valence-electron chi connectivity index (χ0n) is 32.2. The number of aromatic nitrogens is 1. The number of rotatable bonds is 9. The molecule has 1 aliphatic rings. The van der Waals surface area contributed by atoms with E-state index in [1.54, 1.807) is 16.7 Å². The molecule has 0 saturated heterocycles. The topological polar surface area (TPSA) is 50.2 Å². The molecular weight excluding hydrogens is 799 g/mol. The fraction of sp³-hybridized carbons (Fsp3) is 0.545. The van der Waals surface area contributed by atoms with Crippen molar-refractivity contribution in [3.8, 4) is 11.3 Å². The van der Waals surface area contributed by atoms with Crippen molar-refractivity contribution in [3.05, 3.63) is 76.7 Å². The first kappa shape index (κ1) is 41.1. The molecule has 1 radical (unpaired) electrons. The molecule has 3 nitrogen and oxygen atoms in total. The molecule has 0 unspecified atom stereocenters. The van der Waals surface area contributed by atoms with Gasteiger partial charge in [-0.25, -0.2) is 0 Å². The van der Waals surface area contributed by atoms with Crippen LogP contribution in [0.4, 0.5) is 0 Å². The number of carbonyl (C=O) groups is 1. The molecule has 5 heteroatoms. The summed E-state index contributed by atoms with van der Waals surface area (Å²) in [5, 5.41) is 12.6. The van der Waals surface area contributed by atoms with Gasteiger partial charge >= 0.3 is 0 Å². The average Bonchev–Trinajstić information content (AvgIpc) is 3.41. The van der Waals surface area contributed by atoms with E-state index in [0.29, 0.717) is 0 Å². The fourth-order valence-electron chi connectivity index (χ4n) is 7.77. The van der Waals surface area contributed by atoms with Gasteiger partial charge in [-0.1, -0.05) is 76.2 Å². The molecule has 49 heavy (non-hydrogen) atoms. The van der Waals surface area contributed by atoms with E-state index in [1.165, 1.54) is 44.7 Å². The first-order chi connectivity index (χ1) is 22.5. The van der Waals surface area contributed by atoms with E-state index in [4.69, 9.17) is 4.98 Å². The van der Waals surface area contributed by atoms with Crippen molar-refractivity contribution in [1.82, 2.24) is 4.98 Å². The quantitative estimate of drug-likeness (QED) is 0.104. The molecule has 4 aromatic rings. The number of benzene rings is 2. The van der Waals surface area contributed by atoms with E-state index < -0.39 is 0 Å². The van der Waals surface area contributed by atoms with Crippen LogP contribution >= 0.6 is 11.3 Å². The summed E-state index contributed by atoms with van der Waals surface area (Å²) >= 11 is 1.96. The Morgan fingerprint density at radius 2 is 1.53 bits per heavy atom. The monoisotopic (exact) mass is 859 g/mol. The van der Waals surface area contributed by atoms with Crippen molar-refractivity contribution < 1.29 is 30.0 Å². The minimum Gasteiger partial charge on any atom is -0.512 e. The molecule has 0 atom stereocenters. The number of pyridine rings is 1. The van der Waals surface area contributed by atoms with Crippen LogP contribution < -0.4 is 0 Å². The van der Waals surface area contributed by atoms with E-state index in [2.05, 4.69) is 79.7 Å². The van der Waals surface area contributed by atoms with Crippen LogP contribution in [0.1, 0.15) is 137 Å². The summed E-state index contributed by atoms with van der Waals surface area (Å²) in [6, 6.07) is 13.9. The van der Waals surface area contributed by atoms with Crippen LogP contribution in [0.25, 0.3) is 31.4 Å². The molecule has 0 amide bonds. The van der Waals surface area contributed by atoms with Gasteiger partial charge in [0.1, 0.15) is 0 Å². The van der Waals surface area contributed by atoms with Gasteiger partial charge in [0.2, 0.25) is 0 Å². The van der Waals surface area contributed by atoms with Gasteiger partial charge in [-0.05, 0) is 102 Å². The van der Waals surface area contributed by atoms with Gasteiger partial charge in [0.15, 0.2) is 5.78 Å². The Morgan fingerprint density at radius 3 is 2.06 bits per heavy atom. The SMILES string of the molecule is CCC(CC)C(=O)/C=C(\O)C(CC)CC.Cc1c2c(c3c(sc4c(-c5[c-]cccc5)nccc43)c1CC(C)(C)C)C(C)(C)CCC2(C)C.[Ir]. The maximum atomic E-state index is 11.7. The van der Waals surface area contributed by atoms with Gasteiger partial charge in [-0.15, -0.1) is 47.2 Å². The largest absolute Gasteiger partial charge is 0.512 e. The Bertz CT molecular complexity index is 1770. The van der Waals surface area contributed by atoms with E-state index >= 15 is 0 Å². The first-order valence-electron chi connectivity index (χ1n) is 18.3. The van der Waals surface area contributed by atoms with Gasteiger partial charge < -0.3 is 10.1 Å². The molecule has 5 rings (SSSR count). The standard InChI is InChI=1S/C31H36NS.C13H24O2.Ir/c1-19-22(18-29(2,3)4)27-23(25-24(19)30(5,6)15-16-31(25,7)8)21-14-17-32-26(28(21)33-27)20-12-10-9-11-13-20;1-5-10(6-2)12(14)9-13(15)11(7-3)8-4;/h9-12,14,17H,15-16,18H2,1-8H3;9-11,14H,5-8H2,1-4H3;/q-1;;/b;12-9-;. The van der Waals surface area contributed by atoms with Gasteiger partial charge in [-0.3, -0.25) is 4.79 Å². The number of aliphatic hydroxyl groups is 1. The second kappa shape index (κ2) is 16.3. The van der Waals surface area contributed by atoms with Crippen LogP contribution in [0, 0.1) is 30.2 Å². The van der Waals surface area contributed by atoms with E-state index in [-0.39, 0.29) is 59.7 Å². The third-order valence-electron chi connectivity index (χ3n) is 10.7. The van der Waals surface area contributed by atoms with Crippen molar-refractivity contribution >= 4 is 37.3 Å². The normalized spacial score (nSPS) is 15.6. The minimum atomic E-state index is 0. The van der Waals surface area contributed by atoms with Crippen LogP contribution in [-0.4, -0.2) is 15.9 Å². The molecule has 0 bridgehead atoms. The number of thiophene rings is 1. The maximum Gasteiger partial charge on any atom is 0.162 e. The minimum absolute atomic E-state index is 0. The number of hydrogen-bond donors (Lipinski definition) is 1. The summed E-state index contributed by atoms with van der Waals surface area (Å²) in [6.45, 7) is 27.4. The van der Waals surface area contributed by atoms with Crippen LogP contribution in [0.3, 0.4) is 0 Å². The van der Waals surface area contributed by atoms with E-state index in [0.717, 1.165) is 43.4 Å². The van der Waals surface area contributed by atoms with Crippen molar-refractivity contribution in [3.63, 3.8) is 0 Å². The van der Waals surface area contributed by atoms with E-state index in [9.17, 15) is 9.90 Å². The number of carbonyl (C=O) groups excluding carboxylic acids is 1. The Kier molecular flexibility index (Phi) is 13.7. The summed E-state index contributed by atoms with van der Waals surface area (Å²) in [6.07, 6.45) is 10.5. The number of hydrogen-bond acceptors (Lipinski definition) is 4. The molecule has 0 aliphatic heterocycles. The molecule has 0 fully saturated rings. The zero-order chi connectivity index (χ0) is 35.6. The second-order valence-corrected chi connectivity index (χ2v) is 17.5. The summed E-state index contributed by atoms with van der Waals surface area (Å²) in [5.41, 5.74) is 8.98. The molecule has 2 heterocycles. The van der Waals surface area contributed by atoms with Gasteiger partial charge in [0.05, 0.1) is 5.76 Å². The Hall–Kier alpha value is -2.33. The molecule has 2 aromatic carbocycles. The summed E-state index contributed by atoms with van der Waals surface area (Å²) in [5.74, 6) is 0.547. The molecule has 269 valence electrons. The third kappa shape index (κ3) is 8.77. The van der Waals surface area contributed by atoms with E-state index in [1.807, 2.05) is 57.4 Å². The average molecular weight is 859 g/mol. The second-order valence-electron chi connectivity index (χ2n) is 16.5. The van der Waals surface area contributed by atoms with Crippen molar-refractivity contribution in [1.29, 1.82) is 0 Å². The molecule has 1 N–H and O–H groups in total. The zero-order valence-corrected chi connectivity index (χ0v) is 35.4. The smallest absolute Gasteiger partial charge is 0.162 e. The number of nitrogens with zero attached hydrogens (tertiary/aromatic N) is 1. The van der Waals surface area contributed by atoms with Crippen LogP contribution in [0.2, 0.25) is 0 Å². The number of aliphatic hydroxyl groups excluding tert-OH is 1. The Balaban J connectivity index is 0.000000347. The molecule has 0 spiro atoms. The van der Waals surface area contributed by atoms with Gasteiger partial charge in [0.25, 0.3) is 0 Å². The fourth-order valence-corrected chi connectivity index (χ4v) is 9.18. The van der Waals surface area contributed by atoms with Crippen molar-refractivity contribution in [2.75, 3.05) is 0 Å². The predicted molar refractivity (Wildman–Crippen MR) is 208 cm³/mol. The van der Waals surface area contributed by atoms with Crippen LogP contribution in [0.15, 0.2) is 48.4 Å². The third-order valence-corrected chi connectivity index (χ3v) is 12.0. The Labute approximate surface area is 314 Å². The number of fused-ring (bicyclic) bond motifs is 5. The van der Waals surface area contributed by atoms with Crippen molar-refractivity contribution in [2.24, 2.45) is 17.3 Å². The molecular formula is C44H60IrNO2S-. The number of allylic oxidation sites excluding steroid dienone is 2. The molecule has 1 aliphatic carbocycles. The first-order valence-corrected chi connectivity index (χ1v) is 19.1. The van der Waals surface area contributed by atoms with Crippen LogP contribution in [0.5, 0.6) is 0 Å². The summed E-state index contributed by atoms with van der Waals surface area (Å²) in [7, 11) is 0. The maximum absolute atomic E-state index is 11.7. The Morgan fingerprint density at radius 1 is 0.939 bits per heavy atom. The predicted octanol–water partition coefficient (Wildman–Crippen LogP) is 13.0. The van der Waals surface area contributed by atoms with Gasteiger partial charge in [-0.2, -0.15) is 0 Å². The molecule has 2 aromatic heterocycles. The summed E-state index contributed by atoms with van der Waals surface area (Å²) in [4.78, 5) is 16.6. The van der Waals surface area contributed by atoms with Crippen LogP contribution in [-0.2, 0) is 42.2 Å². The molecule has 0 saturated carbocycles. The summed E-state index contributed by atoms with van der Waals surface area (Å²) < 4.78 is 2.78.